The second kappa shape index (κ2) is 12.9. The van der Waals surface area contributed by atoms with Crippen LogP contribution in [0.5, 0.6) is 0 Å². The molecule has 2 atom stereocenters. The number of rotatable bonds is 8. The van der Waals surface area contributed by atoms with Crippen molar-refractivity contribution >= 4 is 45.0 Å². The molecule has 3 saturated heterocycles. The van der Waals surface area contributed by atoms with E-state index in [-0.39, 0.29) is 40.0 Å². The average Bonchev–Trinajstić information content (AvgIpc) is 3.29. The summed E-state index contributed by atoms with van der Waals surface area (Å²) in [4.78, 5) is 24.4. The van der Waals surface area contributed by atoms with Crippen molar-refractivity contribution in [2.75, 3.05) is 50.7 Å². The van der Waals surface area contributed by atoms with Crippen molar-refractivity contribution in [1.82, 2.24) is 19.1 Å². The molecule has 2 aromatic carbocycles. The van der Waals surface area contributed by atoms with Crippen LogP contribution in [-0.4, -0.2) is 91.3 Å². The molecule has 0 aliphatic carbocycles. The summed E-state index contributed by atoms with van der Waals surface area (Å²) in [6.45, 7) is 3.89. The molecule has 1 amide bonds. The largest absolute Gasteiger partial charge is 0.347 e. The maximum absolute atomic E-state index is 13.9. The van der Waals surface area contributed by atoms with Crippen molar-refractivity contribution in [3.05, 3.63) is 87.3 Å². The number of halogens is 3. The molecule has 3 aromatic rings. The van der Waals surface area contributed by atoms with Gasteiger partial charge in [0, 0.05) is 75.5 Å². The van der Waals surface area contributed by atoms with Crippen molar-refractivity contribution in [2.45, 2.75) is 42.8 Å². The monoisotopic (exact) mass is 660 g/mol. The summed E-state index contributed by atoms with van der Waals surface area (Å²) in [5.41, 5.74) is 7.95. The number of carbonyl (C=O) groups excluding carboxylic acids is 1. The fourth-order valence-corrected chi connectivity index (χ4v) is 8.34. The first-order chi connectivity index (χ1) is 21.1. The molecule has 44 heavy (non-hydrogen) atoms. The van der Waals surface area contributed by atoms with Crippen molar-refractivity contribution < 1.29 is 17.6 Å². The zero-order chi connectivity index (χ0) is 31.0. The summed E-state index contributed by atoms with van der Waals surface area (Å²) in [6.07, 6.45) is 2.54. The molecule has 2 bridgehead atoms. The first-order valence-corrected chi connectivity index (χ1v) is 17.0. The van der Waals surface area contributed by atoms with Crippen LogP contribution in [0, 0.1) is 5.82 Å². The SMILES string of the molecule is NCc1cc(S(=O)(=O)N2CCN(CCc3ccc(Cl)cc3)CC2)cc(N2C3CCC2CN(C(=O)c2ccc(F)cc2Cl)C3)n1. The Hall–Kier alpha value is -2.80. The number of fused-ring (bicyclic) bond motifs is 2. The molecule has 2 unspecified atom stereocenters. The number of carbonyl (C=O) groups is 1. The van der Waals surface area contributed by atoms with E-state index in [1.54, 1.807) is 21.3 Å². The summed E-state index contributed by atoms with van der Waals surface area (Å²) in [6, 6.07) is 14.7. The first kappa shape index (κ1) is 31.2. The number of benzene rings is 2. The van der Waals surface area contributed by atoms with Gasteiger partial charge in [-0.15, -0.1) is 0 Å². The van der Waals surface area contributed by atoms with Gasteiger partial charge >= 0.3 is 0 Å². The molecule has 13 heteroatoms. The molecule has 0 radical (unpaired) electrons. The maximum Gasteiger partial charge on any atom is 0.255 e. The van der Waals surface area contributed by atoms with E-state index in [1.165, 1.54) is 17.7 Å². The Morgan fingerprint density at radius 3 is 2.27 bits per heavy atom. The Labute approximate surface area is 267 Å². The Morgan fingerprint density at radius 2 is 1.64 bits per heavy atom. The van der Waals surface area contributed by atoms with Crippen LogP contribution >= 0.6 is 23.2 Å². The van der Waals surface area contributed by atoms with Gasteiger partial charge in [-0.05, 0) is 61.2 Å². The van der Waals surface area contributed by atoms with E-state index in [9.17, 15) is 17.6 Å². The molecule has 9 nitrogen and oxygen atoms in total. The van der Waals surface area contributed by atoms with Gasteiger partial charge in [0.25, 0.3) is 5.91 Å². The summed E-state index contributed by atoms with van der Waals surface area (Å²) in [7, 11) is -3.77. The number of aromatic nitrogens is 1. The van der Waals surface area contributed by atoms with E-state index >= 15 is 0 Å². The lowest BCUT2D eigenvalue weighted by Crippen LogP contribution is -2.56. The van der Waals surface area contributed by atoms with Crippen LogP contribution in [0.4, 0.5) is 10.2 Å². The molecule has 234 valence electrons. The Bertz CT molecular complexity index is 1620. The lowest BCUT2D eigenvalue weighted by atomic mass is 10.1. The van der Waals surface area contributed by atoms with Gasteiger partial charge in [-0.3, -0.25) is 4.79 Å². The third kappa shape index (κ3) is 6.45. The van der Waals surface area contributed by atoms with Crippen LogP contribution < -0.4 is 10.6 Å². The highest BCUT2D eigenvalue weighted by atomic mass is 35.5. The highest BCUT2D eigenvalue weighted by Crippen LogP contribution is 2.36. The summed E-state index contributed by atoms with van der Waals surface area (Å²) in [5.74, 6) is -0.178. The number of amides is 1. The van der Waals surface area contributed by atoms with Crippen molar-refractivity contribution in [3.63, 3.8) is 0 Å². The number of hydrogen-bond acceptors (Lipinski definition) is 7. The second-order valence-electron chi connectivity index (χ2n) is 11.6. The molecule has 2 N–H and O–H groups in total. The highest BCUT2D eigenvalue weighted by Gasteiger charge is 2.43. The third-order valence-corrected chi connectivity index (χ3v) is 11.3. The topological polar surface area (TPSA) is 103 Å². The molecular formula is C31H35Cl2FN6O3S. The average molecular weight is 662 g/mol. The Kier molecular flexibility index (Phi) is 9.15. The summed E-state index contributed by atoms with van der Waals surface area (Å²) < 4.78 is 42.8. The maximum atomic E-state index is 13.9. The predicted molar refractivity (Wildman–Crippen MR) is 169 cm³/mol. The number of anilines is 1. The molecule has 3 aliphatic heterocycles. The molecule has 1 aromatic heterocycles. The van der Waals surface area contributed by atoms with Crippen LogP contribution in [0.3, 0.4) is 0 Å². The number of pyridine rings is 1. The predicted octanol–water partition coefficient (Wildman–Crippen LogP) is 4.03. The van der Waals surface area contributed by atoms with Crippen LogP contribution in [0.1, 0.15) is 34.5 Å². The van der Waals surface area contributed by atoms with Crippen molar-refractivity contribution in [3.8, 4) is 0 Å². The van der Waals surface area contributed by atoms with Gasteiger partial charge < -0.3 is 20.4 Å². The Balaban J connectivity index is 1.14. The highest BCUT2D eigenvalue weighted by molar-refractivity contribution is 7.89. The number of nitrogens with zero attached hydrogens (tertiary/aromatic N) is 5. The minimum absolute atomic E-state index is 0.0443. The Morgan fingerprint density at radius 1 is 0.955 bits per heavy atom. The van der Waals surface area contributed by atoms with Crippen LogP contribution in [0.25, 0.3) is 0 Å². The lowest BCUT2D eigenvalue weighted by Gasteiger charge is -2.42. The molecular weight excluding hydrogens is 626 g/mol. The van der Waals surface area contributed by atoms with Gasteiger partial charge in [0.15, 0.2) is 0 Å². The van der Waals surface area contributed by atoms with Crippen LogP contribution in [0.15, 0.2) is 59.5 Å². The van der Waals surface area contributed by atoms with E-state index in [2.05, 4.69) is 9.80 Å². The standard InChI is InChI=1S/C31H35Cl2FN6O3S/c32-22-3-1-21(2-4-22)9-10-37-11-13-39(14-12-37)44(42,43)27-16-24(18-35)36-30(17-27)40-25-6-7-26(40)20-38(19-25)31(41)28-8-5-23(34)15-29(28)33/h1-5,8,15-17,25-26H,6-7,9-14,18-20,35H2. The number of nitrogens with two attached hydrogens (primary N) is 1. The zero-order valence-corrected chi connectivity index (χ0v) is 26.5. The summed E-state index contributed by atoms with van der Waals surface area (Å²) in [5, 5.41) is 0.793. The quantitative estimate of drug-likeness (QED) is 0.389. The molecule has 0 saturated carbocycles. The van der Waals surface area contributed by atoms with Crippen LogP contribution in [-0.2, 0) is 23.0 Å². The van der Waals surface area contributed by atoms with Gasteiger partial charge in [-0.25, -0.2) is 17.8 Å². The van der Waals surface area contributed by atoms with Gasteiger partial charge in [-0.1, -0.05) is 35.3 Å². The van der Waals surface area contributed by atoms with E-state index in [0.717, 1.165) is 31.9 Å². The molecule has 3 fully saturated rings. The van der Waals surface area contributed by atoms with E-state index in [4.69, 9.17) is 33.9 Å². The molecule has 0 spiro atoms. The van der Waals surface area contributed by atoms with E-state index in [0.29, 0.717) is 55.8 Å². The van der Waals surface area contributed by atoms with Gasteiger partial charge in [0.1, 0.15) is 11.6 Å². The first-order valence-electron chi connectivity index (χ1n) is 14.8. The van der Waals surface area contributed by atoms with Crippen molar-refractivity contribution in [1.29, 1.82) is 0 Å². The number of likely N-dealkylation sites (tertiary alicyclic amines) is 1. The normalized spacial score (nSPS) is 21.2. The molecule has 6 rings (SSSR count). The minimum Gasteiger partial charge on any atom is -0.347 e. The number of piperazine rings is 2. The van der Waals surface area contributed by atoms with Gasteiger partial charge in [-0.2, -0.15) is 4.31 Å². The van der Waals surface area contributed by atoms with E-state index in [1.807, 2.05) is 24.3 Å². The lowest BCUT2D eigenvalue weighted by molar-refractivity contribution is 0.0717. The number of sulfonamides is 1. The third-order valence-electron chi connectivity index (χ3n) is 8.84. The van der Waals surface area contributed by atoms with Crippen molar-refractivity contribution in [2.24, 2.45) is 5.73 Å². The fraction of sp³-hybridized carbons (Fsp3) is 0.419. The summed E-state index contributed by atoms with van der Waals surface area (Å²) >= 11 is 12.2. The fourth-order valence-electron chi connectivity index (χ4n) is 6.49. The van der Waals surface area contributed by atoms with E-state index < -0.39 is 15.8 Å². The van der Waals surface area contributed by atoms with Gasteiger partial charge in [0.05, 0.1) is 21.2 Å². The molecule has 4 heterocycles. The minimum atomic E-state index is -3.77. The van der Waals surface area contributed by atoms with Gasteiger partial charge in [0.2, 0.25) is 10.0 Å². The van der Waals surface area contributed by atoms with Crippen LogP contribution in [0.2, 0.25) is 10.0 Å². The number of hydrogen-bond donors (Lipinski definition) is 1. The zero-order valence-electron chi connectivity index (χ0n) is 24.2. The second-order valence-corrected chi connectivity index (χ2v) is 14.4. The smallest absolute Gasteiger partial charge is 0.255 e. The molecule has 3 aliphatic rings.